The van der Waals surface area contributed by atoms with Gasteiger partial charge in [0.15, 0.2) is 0 Å². The van der Waals surface area contributed by atoms with Gasteiger partial charge >= 0.3 is 6.61 Å². The molecule has 4 nitrogen and oxygen atoms in total. The van der Waals surface area contributed by atoms with Gasteiger partial charge in [0.1, 0.15) is 5.75 Å². The van der Waals surface area contributed by atoms with Crippen LogP contribution in [0.4, 0.5) is 8.78 Å². The van der Waals surface area contributed by atoms with Crippen LogP contribution in [-0.4, -0.2) is 44.1 Å². The number of hydrogen-bond donors (Lipinski definition) is 1. The summed E-state index contributed by atoms with van der Waals surface area (Å²) in [5.74, 6) is 0.476. The Morgan fingerprint density at radius 2 is 2.10 bits per heavy atom. The van der Waals surface area contributed by atoms with Crippen molar-refractivity contribution < 1.29 is 18.3 Å². The van der Waals surface area contributed by atoms with E-state index in [1.807, 2.05) is 7.05 Å². The Bertz CT molecular complexity index is 457. The Morgan fingerprint density at radius 1 is 1.43 bits per heavy atom. The fraction of sp³-hybridized carbons (Fsp3) is 0.500. The maximum atomic E-state index is 12.2. The molecule has 1 atom stereocenters. The zero-order valence-corrected chi connectivity index (χ0v) is 12.5. The van der Waals surface area contributed by atoms with E-state index in [-0.39, 0.29) is 24.1 Å². The highest BCUT2D eigenvalue weighted by Crippen LogP contribution is 2.20. The maximum Gasteiger partial charge on any atom is 0.387 e. The minimum atomic E-state index is -2.85. The second-order valence-corrected chi connectivity index (χ2v) is 4.87. The number of benzene rings is 1. The number of amides is 1. The largest absolute Gasteiger partial charge is 0.435 e. The van der Waals surface area contributed by atoms with Crippen LogP contribution in [0.1, 0.15) is 16.8 Å². The number of nitrogens with one attached hydrogen (secondary N) is 1. The molecule has 1 unspecified atom stereocenters. The molecule has 1 N–H and O–H groups in total. The first-order valence-corrected chi connectivity index (χ1v) is 6.59. The standard InChI is InChI=1S/C14H18F2N2O2.ClH/c1-17-8-10-6-7-18(9-10)13(19)11-2-4-12(5-3-11)20-14(15)16;/h2-5,10,14,17H,6-9H2,1H3;1H. The molecule has 0 saturated carbocycles. The van der Waals surface area contributed by atoms with Crippen LogP contribution < -0.4 is 10.1 Å². The maximum absolute atomic E-state index is 12.2. The molecule has 1 aromatic rings. The number of alkyl halides is 2. The predicted octanol–water partition coefficient (Wildman–Crippen LogP) is 2.39. The van der Waals surface area contributed by atoms with Crippen molar-refractivity contribution in [3.8, 4) is 5.75 Å². The molecule has 1 aromatic carbocycles. The number of rotatable bonds is 5. The summed E-state index contributed by atoms with van der Waals surface area (Å²) in [6, 6.07) is 5.82. The Labute approximate surface area is 128 Å². The van der Waals surface area contributed by atoms with E-state index in [2.05, 4.69) is 10.1 Å². The van der Waals surface area contributed by atoms with E-state index in [1.54, 1.807) is 4.90 Å². The van der Waals surface area contributed by atoms with E-state index >= 15 is 0 Å². The summed E-state index contributed by atoms with van der Waals surface area (Å²) >= 11 is 0. The number of hydrogen-bond acceptors (Lipinski definition) is 3. The topological polar surface area (TPSA) is 41.6 Å². The molecule has 7 heteroatoms. The number of halogens is 3. The Hall–Kier alpha value is -1.40. The van der Waals surface area contributed by atoms with E-state index in [0.29, 0.717) is 11.5 Å². The minimum Gasteiger partial charge on any atom is -0.435 e. The third kappa shape index (κ3) is 4.82. The lowest BCUT2D eigenvalue weighted by Gasteiger charge is -2.16. The molecule has 0 aromatic heterocycles. The summed E-state index contributed by atoms with van der Waals surface area (Å²) in [5.41, 5.74) is 0.497. The summed E-state index contributed by atoms with van der Waals surface area (Å²) < 4.78 is 28.3. The number of nitrogens with zero attached hydrogens (tertiary/aromatic N) is 1. The van der Waals surface area contributed by atoms with Crippen LogP contribution >= 0.6 is 12.4 Å². The zero-order valence-electron chi connectivity index (χ0n) is 11.7. The van der Waals surface area contributed by atoms with Crippen molar-refractivity contribution in [3.63, 3.8) is 0 Å². The van der Waals surface area contributed by atoms with Crippen molar-refractivity contribution in [2.75, 3.05) is 26.7 Å². The van der Waals surface area contributed by atoms with Crippen molar-refractivity contribution in [2.24, 2.45) is 5.92 Å². The van der Waals surface area contributed by atoms with Gasteiger partial charge in [-0.05, 0) is 50.2 Å². The first kappa shape index (κ1) is 17.7. The molecule has 1 amide bonds. The SMILES string of the molecule is CNCC1CCN(C(=O)c2ccc(OC(F)F)cc2)C1.Cl. The van der Waals surface area contributed by atoms with Gasteiger partial charge in [0.2, 0.25) is 0 Å². The summed E-state index contributed by atoms with van der Waals surface area (Å²) in [7, 11) is 1.90. The lowest BCUT2D eigenvalue weighted by molar-refractivity contribution is -0.0498. The fourth-order valence-corrected chi connectivity index (χ4v) is 2.43. The van der Waals surface area contributed by atoms with Gasteiger partial charge in [0.25, 0.3) is 5.91 Å². The van der Waals surface area contributed by atoms with E-state index < -0.39 is 6.61 Å². The summed E-state index contributed by atoms with van der Waals surface area (Å²) in [4.78, 5) is 14.0. The lowest BCUT2D eigenvalue weighted by atomic mass is 10.1. The van der Waals surface area contributed by atoms with Crippen LogP contribution in [0.3, 0.4) is 0 Å². The van der Waals surface area contributed by atoms with Crippen LogP contribution in [0.15, 0.2) is 24.3 Å². The fourth-order valence-electron chi connectivity index (χ4n) is 2.43. The third-order valence-electron chi connectivity index (χ3n) is 3.39. The van der Waals surface area contributed by atoms with E-state index in [1.165, 1.54) is 24.3 Å². The minimum absolute atomic E-state index is 0. The molecule has 1 aliphatic rings. The van der Waals surface area contributed by atoms with Gasteiger partial charge < -0.3 is 15.0 Å². The van der Waals surface area contributed by atoms with Gasteiger partial charge in [-0.3, -0.25) is 4.79 Å². The highest BCUT2D eigenvalue weighted by molar-refractivity contribution is 5.94. The van der Waals surface area contributed by atoms with Crippen LogP contribution in [0.25, 0.3) is 0 Å². The van der Waals surface area contributed by atoms with E-state index in [4.69, 9.17) is 0 Å². The quantitative estimate of drug-likeness (QED) is 0.906. The van der Waals surface area contributed by atoms with Crippen molar-refractivity contribution in [2.45, 2.75) is 13.0 Å². The molecule has 0 radical (unpaired) electrons. The molecule has 21 heavy (non-hydrogen) atoms. The molecule has 1 aliphatic heterocycles. The van der Waals surface area contributed by atoms with Crippen molar-refractivity contribution in [1.82, 2.24) is 10.2 Å². The van der Waals surface area contributed by atoms with Crippen LogP contribution in [0.2, 0.25) is 0 Å². The Morgan fingerprint density at radius 3 is 2.67 bits per heavy atom. The molecular weight excluding hydrogens is 302 g/mol. The number of carbonyl (C=O) groups excluding carboxylic acids is 1. The Balaban J connectivity index is 0.00000220. The normalized spacial score (nSPS) is 17.7. The first-order valence-electron chi connectivity index (χ1n) is 6.59. The average Bonchev–Trinajstić information content (AvgIpc) is 2.87. The molecule has 1 saturated heterocycles. The predicted molar refractivity (Wildman–Crippen MR) is 78.3 cm³/mol. The molecule has 1 fully saturated rings. The smallest absolute Gasteiger partial charge is 0.387 e. The van der Waals surface area contributed by atoms with E-state index in [9.17, 15) is 13.6 Å². The second-order valence-electron chi connectivity index (χ2n) is 4.87. The molecular formula is C14H19ClF2N2O2. The van der Waals surface area contributed by atoms with Gasteiger partial charge in [-0.1, -0.05) is 0 Å². The molecule has 0 spiro atoms. The highest BCUT2D eigenvalue weighted by Gasteiger charge is 2.26. The number of likely N-dealkylation sites (tertiary alicyclic amines) is 1. The summed E-state index contributed by atoms with van der Waals surface area (Å²) in [6.07, 6.45) is 0.985. The average molecular weight is 321 g/mol. The molecule has 0 bridgehead atoms. The van der Waals surface area contributed by atoms with Crippen molar-refractivity contribution in [3.05, 3.63) is 29.8 Å². The van der Waals surface area contributed by atoms with Gasteiger partial charge in [0.05, 0.1) is 0 Å². The summed E-state index contributed by atoms with van der Waals surface area (Å²) in [6.45, 7) is -0.488. The number of ether oxygens (including phenoxy) is 1. The molecule has 0 aliphatic carbocycles. The van der Waals surface area contributed by atoms with E-state index in [0.717, 1.165) is 26.1 Å². The zero-order chi connectivity index (χ0) is 14.5. The Kier molecular flexibility index (Phi) is 6.84. The molecule has 1 heterocycles. The third-order valence-corrected chi connectivity index (χ3v) is 3.39. The van der Waals surface area contributed by atoms with Crippen molar-refractivity contribution >= 4 is 18.3 Å². The molecule has 118 valence electrons. The van der Waals surface area contributed by atoms with Crippen LogP contribution in [0.5, 0.6) is 5.75 Å². The monoisotopic (exact) mass is 320 g/mol. The van der Waals surface area contributed by atoms with Gasteiger partial charge in [-0.2, -0.15) is 8.78 Å². The lowest BCUT2D eigenvalue weighted by Crippen LogP contribution is -2.30. The van der Waals surface area contributed by atoms with Crippen LogP contribution in [-0.2, 0) is 0 Å². The molecule has 2 rings (SSSR count). The van der Waals surface area contributed by atoms with Gasteiger partial charge in [0, 0.05) is 18.7 Å². The second kappa shape index (κ2) is 8.14. The van der Waals surface area contributed by atoms with Crippen molar-refractivity contribution in [1.29, 1.82) is 0 Å². The van der Waals surface area contributed by atoms with Crippen LogP contribution in [0, 0.1) is 5.92 Å². The highest BCUT2D eigenvalue weighted by atomic mass is 35.5. The summed E-state index contributed by atoms with van der Waals surface area (Å²) in [5, 5.41) is 3.11. The van der Waals surface area contributed by atoms with Gasteiger partial charge in [-0.25, -0.2) is 0 Å². The number of carbonyl (C=O) groups is 1. The first-order chi connectivity index (χ1) is 9.60. The van der Waals surface area contributed by atoms with Gasteiger partial charge in [-0.15, -0.1) is 12.4 Å².